The average Bonchev–Trinajstić information content (AvgIpc) is 3.54. The second kappa shape index (κ2) is 11.0. The number of halogens is 1. The van der Waals surface area contributed by atoms with Crippen LogP contribution >= 0.6 is 11.6 Å². The highest BCUT2D eigenvalue weighted by molar-refractivity contribution is 6.33. The summed E-state index contributed by atoms with van der Waals surface area (Å²) in [6.45, 7) is 8.87. The number of anilines is 1. The normalized spacial score (nSPS) is 20.6. The van der Waals surface area contributed by atoms with Crippen LogP contribution in [-0.4, -0.2) is 22.1 Å². The summed E-state index contributed by atoms with van der Waals surface area (Å²) in [4.78, 5) is 24.4. The Labute approximate surface area is 219 Å². The molecule has 2 saturated carbocycles. The van der Waals surface area contributed by atoms with Gasteiger partial charge in [-0.1, -0.05) is 50.0 Å². The summed E-state index contributed by atoms with van der Waals surface area (Å²) in [5.41, 5.74) is 3.87. The first kappa shape index (κ1) is 26.7. The van der Waals surface area contributed by atoms with Crippen LogP contribution in [0, 0.1) is 18.3 Å². The lowest BCUT2D eigenvalue weighted by Crippen LogP contribution is -2.27. The van der Waals surface area contributed by atoms with Crippen molar-refractivity contribution < 1.29 is 19.2 Å². The molecule has 1 heterocycles. The van der Waals surface area contributed by atoms with Crippen molar-refractivity contribution in [2.45, 2.75) is 103 Å². The number of carboxylic acid groups (broad SMARTS) is 1. The van der Waals surface area contributed by atoms with Crippen molar-refractivity contribution in [1.82, 2.24) is 5.16 Å². The van der Waals surface area contributed by atoms with E-state index in [-0.39, 0.29) is 24.7 Å². The molecule has 0 spiro atoms. The Morgan fingerprint density at radius 3 is 2.58 bits per heavy atom. The van der Waals surface area contributed by atoms with Crippen molar-refractivity contribution in [2.75, 3.05) is 5.32 Å². The van der Waals surface area contributed by atoms with Gasteiger partial charge in [-0.05, 0) is 80.4 Å². The number of hydrogen-bond donors (Lipinski definition) is 2. The maximum Gasteiger partial charge on any atom is 0.303 e. The number of benzene rings is 1. The zero-order valence-corrected chi connectivity index (χ0v) is 22.7. The zero-order chi connectivity index (χ0) is 26.0. The molecule has 7 heteroatoms. The Morgan fingerprint density at radius 2 is 1.97 bits per heavy atom. The molecular formula is C29H39ClN2O4. The van der Waals surface area contributed by atoms with Crippen molar-refractivity contribution in [3.63, 3.8) is 0 Å². The van der Waals surface area contributed by atoms with E-state index in [1.165, 1.54) is 12.8 Å². The lowest BCUT2D eigenvalue weighted by atomic mass is 9.66. The van der Waals surface area contributed by atoms with Gasteiger partial charge in [0.05, 0.1) is 16.4 Å². The van der Waals surface area contributed by atoms with E-state index in [4.69, 9.17) is 16.1 Å². The second-order valence-electron chi connectivity index (χ2n) is 11.7. The van der Waals surface area contributed by atoms with Gasteiger partial charge >= 0.3 is 5.97 Å². The monoisotopic (exact) mass is 514 g/mol. The molecule has 0 aliphatic heterocycles. The first-order valence-electron chi connectivity index (χ1n) is 13.3. The first-order chi connectivity index (χ1) is 17.1. The fourth-order valence-corrected chi connectivity index (χ4v) is 5.80. The number of rotatable bonds is 12. The predicted octanol–water partition coefficient (Wildman–Crippen LogP) is 7.81. The summed E-state index contributed by atoms with van der Waals surface area (Å²) in [7, 11) is 0. The van der Waals surface area contributed by atoms with Gasteiger partial charge in [0.25, 0.3) is 0 Å². The summed E-state index contributed by atoms with van der Waals surface area (Å²) in [6.07, 6.45) is 7.28. The van der Waals surface area contributed by atoms with Crippen molar-refractivity contribution in [1.29, 1.82) is 0 Å². The maximum absolute atomic E-state index is 13.0. The molecule has 196 valence electrons. The first-order valence-corrected chi connectivity index (χ1v) is 13.7. The summed E-state index contributed by atoms with van der Waals surface area (Å²) in [5.74, 6) is 1.09. The molecule has 2 aromatic rings. The Bertz CT molecular complexity index is 1100. The van der Waals surface area contributed by atoms with E-state index in [0.29, 0.717) is 40.3 Å². The molecule has 36 heavy (non-hydrogen) atoms. The van der Waals surface area contributed by atoms with Crippen LogP contribution in [0.2, 0.25) is 5.02 Å². The number of nitrogens with one attached hydrogen (secondary N) is 1. The van der Waals surface area contributed by atoms with E-state index in [2.05, 4.69) is 31.2 Å². The minimum absolute atomic E-state index is 0.0207. The molecule has 1 amide bonds. The van der Waals surface area contributed by atoms with Crippen LogP contribution < -0.4 is 5.32 Å². The molecule has 2 aliphatic carbocycles. The highest BCUT2D eigenvalue weighted by atomic mass is 35.5. The number of aryl methyl sites for hydroxylation is 1. The number of carbonyl (C=O) groups excluding carboxylic acids is 1. The molecule has 1 aromatic heterocycles. The summed E-state index contributed by atoms with van der Waals surface area (Å²) in [5, 5.41) is 17.2. The second-order valence-corrected chi connectivity index (χ2v) is 12.1. The number of nitrogens with zero attached hydrogens (tertiary/aromatic N) is 1. The standard InChI is InChI=1S/C29H39ClN2O4/c1-5-29(3,4)16-18-13-21(14-18)28-26(19-7-8-19)27(32-36-28)20(9-11-25(34)35)15-24(33)31-23-10-6-17(2)12-22(23)30/h6,10,12,18-21H,5,7-9,11,13-16H2,1-4H3,(H,31,33)(H,34,35)/t18-,20-,21+/m1/s1. The van der Waals surface area contributed by atoms with Crippen LogP contribution in [-0.2, 0) is 9.59 Å². The van der Waals surface area contributed by atoms with Gasteiger partial charge in [0, 0.05) is 30.2 Å². The van der Waals surface area contributed by atoms with Gasteiger partial charge in [0.2, 0.25) is 5.91 Å². The van der Waals surface area contributed by atoms with Gasteiger partial charge in [0.15, 0.2) is 0 Å². The Hall–Kier alpha value is -2.34. The van der Waals surface area contributed by atoms with Crippen molar-refractivity contribution >= 4 is 29.2 Å². The fraction of sp³-hybridized carbons (Fsp3) is 0.621. The van der Waals surface area contributed by atoms with Gasteiger partial charge < -0.3 is 14.9 Å². The van der Waals surface area contributed by atoms with E-state index < -0.39 is 5.97 Å². The third kappa shape index (κ3) is 6.50. The zero-order valence-electron chi connectivity index (χ0n) is 21.9. The molecule has 2 fully saturated rings. The summed E-state index contributed by atoms with van der Waals surface area (Å²) < 4.78 is 5.98. The van der Waals surface area contributed by atoms with Crippen LogP contribution in [0.3, 0.4) is 0 Å². The van der Waals surface area contributed by atoms with Crippen molar-refractivity contribution in [3.05, 3.63) is 45.8 Å². The van der Waals surface area contributed by atoms with Gasteiger partial charge in [-0.2, -0.15) is 0 Å². The van der Waals surface area contributed by atoms with Crippen LogP contribution in [0.5, 0.6) is 0 Å². The lowest BCUT2D eigenvalue weighted by molar-refractivity contribution is -0.137. The molecule has 2 N–H and O–H groups in total. The largest absolute Gasteiger partial charge is 0.481 e. The van der Waals surface area contributed by atoms with Crippen LogP contribution in [0.1, 0.15) is 119 Å². The highest BCUT2D eigenvalue weighted by Gasteiger charge is 2.42. The van der Waals surface area contributed by atoms with Crippen LogP contribution in [0.4, 0.5) is 5.69 Å². The molecule has 0 radical (unpaired) electrons. The Balaban J connectivity index is 1.50. The SMILES string of the molecule is CCC(C)(C)C[C@H]1C[C@@H](c2onc([C@H](CCC(=O)O)CC(=O)Nc3ccc(C)cc3Cl)c2C2CC2)C1. The van der Waals surface area contributed by atoms with Gasteiger partial charge in [-0.15, -0.1) is 0 Å². The molecule has 6 nitrogen and oxygen atoms in total. The molecule has 4 rings (SSSR count). The molecule has 1 aromatic carbocycles. The van der Waals surface area contributed by atoms with Gasteiger partial charge in [0.1, 0.15) is 5.76 Å². The maximum atomic E-state index is 13.0. The summed E-state index contributed by atoms with van der Waals surface area (Å²) >= 11 is 6.31. The van der Waals surface area contributed by atoms with E-state index in [9.17, 15) is 14.7 Å². The minimum Gasteiger partial charge on any atom is -0.481 e. The predicted molar refractivity (Wildman–Crippen MR) is 142 cm³/mol. The van der Waals surface area contributed by atoms with Crippen molar-refractivity contribution in [2.24, 2.45) is 11.3 Å². The minimum atomic E-state index is -0.876. The number of carboxylic acids is 1. The number of amides is 1. The van der Waals surface area contributed by atoms with E-state index in [1.54, 1.807) is 6.07 Å². The number of aliphatic carboxylic acids is 1. The fourth-order valence-electron chi connectivity index (χ4n) is 5.52. The number of carbonyl (C=O) groups is 2. The average molecular weight is 515 g/mol. The Kier molecular flexibility index (Phi) is 8.13. The summed E-state index contributed by atoms with van der Waals surface area (Å²) in [6, 6.07) is 5.49. The topological polar surface area (TPSA) is 92.4 Å². The molecule has 0 bridgehead atoms. The smallest absolute Gasteiger partial charge is 0.303 e. The lowest BCUT2D eigenvalue weighted by Gasteiger charge is -2.39. The van der Waals surface area contributed by atoms with Gasteiger partial charge in [-0.3, -0.25) is 9.59 Å². The molecule has 2 aliphatic rings. The van der Waals surface area contributed by atoms with E-state index in [1.807, 2.05) is 19.1 Å². The third-order valence-corrected chi connectivity index (χ3v) is 8.41. The van der Waals surface area contributed by atoms with Crippen LogP contribution in [0.15, 0.2) is 22.7 Å². The molecular weight excluding hydrogens is 476 g/mol. The van der Waals surface area contributed by atoms with Crippen molar-refractivity contribution in [3.8, 4) is 0 Å². The number of hydrogen-bond acceptors (Lipinski definition) is 4. The van der Waals surface area contributed by atoms with Gasteiger partial charge in [-0.25, -0.2) is 0 Å². The van der Waals surface area contributed by atoms with Crippen LogP contribution in [0.25, 0.3) is 0 Å². The highest BCUT2D eigenvalue weighted by Crippen LogP contribution is 2.53. The quantitative estimate of drug-likeness (QED) is 0.301. The van der Waals surface area contributed by atoms with E-state index >= 15 is 0 Å². The molecule has 0 saturated heterocycles. The van der Waals surface area contributed by atoms with E-state index in [0.717, 1.165) is 48.3 Å². The number of aromatic nitrogens is 1. The Morgan fingerprint density at radius 1 is 1.25 bits per heavy atom. The molecule has 1 atom stereocenters. The third-order valence-electron chi connectivity index (χ3n) is 8.10. The molecule has 0 unspecified atom stereocenters.